The molecule has 8 heteroatoms. The Morgan fingerprint density at radius 1 is 1.03 bits per heavy atom. The van der Waals surface area contributed by atoms with E-state index < -0.39 is 37.1 Å². The predicted octanol–water partition coefficient (Wildman–Crippen LogP) is 2.18. The molecule has 6 atom stereocenters. The van der Waals surface area contributed by atoms with Crippen LogP contribution in [0.25, 0.3) is 0 Å². The van der Waals surface area contributed by atoms with E-state index in [4.69, 9.17) is 25.8 Å². The van der Waals surface area contributed by atoms with Crippen molar-refractivity contribution in [1.29, 1.82) is 0 Å². The fraction of sp³-hybridized carbons (Fsp3) is 0.520. The lowest BCUT2D eigenvalue weighted by molar-refractivity contribution is -0.232. The highest BCUT2D eigenvalue weighted by Crippen LogP contribution is 2.40. The van der Waals surface area contributed by atoms with Crippen LogP contribution < -0.4 is 4.74 Å². The first-order chi connectivity index (χ1) is 15.9. The Labute approximate surface area is 198 Å². The molecule has 4 N–H and O–H groups in total. The summed E-state index contributed by atoms with van der Waals surface area (Å²) in [5.41, 5.74) is 3.63. The molecule has 180 valence electrons. The first-order valence-corrected chi connectivity index (χ1v) is 11.7. The number of ether oxygens (including phenoxy) is 3. The summed E-state index contributed by atoms with van der Waals surface area (Å²) in [7, 11) is 0. The zero-order chi connectivity index (χ0) is 23.5. The van der Waals surface area contributed by atoms with Crippen molar-refractivity contribution in [2.45, 2.75) is 62.8 Å². The van der Waals surface area contributed by atoms with Crippen LogP contribution in [0.15, 0.2) is 36.4 Å². The molecule has 2 aromatic carbocycles. The third kappa shape index (κ3) is 5.35. The van der Waals surface area contributed by atoms with Gasteiger partial charge in [-0.05, 0) is 41.7 Å². The van der Waals surface area contributed by atoms with Gasteiger partial charge in [0.05, 0.1) is 19.8 Å². The molecule has 4 rings (SSSR count). The first-order valence-electron chi connectivity index (χ1n) is 11.4. The molecule has 0 amide bonds. The molecule has 7 nitrogen and oxygen atoms in total. The van der Waals surface area contributed by atoms with Gasteiger partial charge in [0.2, 0.25) is 0 Å². The van der Waals surface area contributed by atoms with Crippen molar-refractivity contribution in [3.05, 3.63) is 63.7 Å². The predicted molar refractivity (Wildman–Crippen MR) is 123 cm³/mol. The highest BCUT2D eigenvalue weighted by atomic mass is 35.5. The second-order valence-electron chi connectivity index (χ2n) is 8.68. The van der Waals surface area contributed by atoms with Gasteiger partial charge in [-0.2, -0.15) is 0 Å². The quantitative estimate of drug-likeness (QED) is 0.483. The Morgan fingerprint density at radius 3 is 2.39 bits per heavy atom. The molecule has 0 saturated carbocycles. The van der Waals surface area contributed by atoms with E-state index in [0.717, 1.165) is 24.0 Å². The van der Waals surface area contributed by atoms with Gasteiger partial charge in [-0.3, -0.25) is 0 Å². The minimum atomic E-state index is -1.48. The largest absolute Gasteiger partial charge is 0.487 e. The average Bonchev–Trinajstić information content (AvgIpc) is 3.33. The van der Waals surface area contributed by atoms with Gasteiger partial charge in [-0.15, -0.1) is 0 Å². The molecule has 2 aliphatic rings. The number of halogens is 1. The van der Waals surface area contributed by atoms with Crippen molar-refractivity contribution in [3.8, 4) is 5.75 Å². The summed E-state index contributed by atoms with van der Waals surface area (Å²) >= 11 is 6.63. The standard InChI is InChI=1S/C25H31ClO7/c1-2-14-3-5-15(6-4-14)9-16-10-18(20(11-19(16)26)32-17-7-8-31-13-17)25-24(30)23(29)22(28)21(12-27)33-25/h3-6,10-11,17,21-25,27-30H,2,7-9,12-13H2,1H3/t17?,21-,22-,23+,24-,25+/m1/s1. The van der Waals surface area contributed by atoms with Crippen molar-refractivity contribution < 1.29 is 34.6 Å². The van der Waals surface area contributed by atoms with E-state index in [9.17, 15) is 20.4 Å². The number of rotatable bonds is 7. The van der Waals surface area contributed by atoms with Gasteiger partial charge in [0, 0.05) is 17.0 Å². The second kappa shape index (κ2) is 10.7. The van der Waals surface area contributed by atoms with E-state index in [1.54, 1.807) is 6.07 Å². The van der Waals surface area contributed by atoms with E-state index >= 15 is 0 Å². The van der Waals surface area contributed by atoms with Gasteiger partial charge >= 0.3 is 0 Å². The molecular formula is C25H31ClO7. The molecule has 0 aliphatic carbocycles. The summed E-state index contributed by atoms with van der Waals surface area (Å²) in [5.74, 6) is 0.421. The maximum absolute atomic E-state index is 10.7. The molecule has 2 heterocycles. The van der Waals surface area contributed by atoms with Crippen molar-refractivity contribution in [1.82, 2.24) is 0 Å². The molecule has 2 saturated heterocycles. The normalized spacial score (nSPS) is 29.9. The first kappa shape index (κ1) is 24.4. The molecule has 2 aliphatic heterocycles. The zero-order valence-corrected chi connectivity index (χ0v) is 19.3. The van der Waals surface area contributed by atoms with Gasteiger partial charge in [-0.25, -0.2) is 0 Å². The molecule has 0 radical (unpaired) electrons. The minimum Gasteiger partial charge on any atom is -0.487 e. The van der Waals surface area contributed by atoms with Crippen molar-refractivity contribution in [3.63, 3.8) is 0 Å². The molecule has 2 aromatic rings. The van der Waals surface area contributed by atoms with Gasteiger partial charge in [0.25, 0.3) is 0 Å². The van der Waals surface area contributed by atoms with Crippen LogP contribution in [0.3, 0.4) is 0 Å². The fourth-order valence-corrected chi connectivity index (χ4v) is 4.56. The summed E-state index contributed by atoms with van der Waals surface area (Å²) in [5, 5.41) is 41.4. The molecular weight excluding hydrogens is 448 g/mol. The Bertz CT molecular complexity index is 927. The number of hydrogen-bond donors (Lipinski definition) is 4. The van der Waals surface area contributed by atoms with E-state index in [1.165, 1.54) is 5.56 Å². The molecule has 1 unspecified atom stereocenters. The fourth-order valence-electron chi connectivity index (χ4n) is 4.34. The number of aryl methyl sites for hydroxylation is 1. The van der Waals surface area contributed by atoms with Crippen LogP contribution in [0.4, 0.5) is 0 Å². The number of aliphatic hydroxyl groups is 4. The number of aliphatic hydroxyl groups excluding tert-OH is 4. The number of hydrogen-bond acceptors (Lipinski definition) is 7. The maximum Gasteiger partial charge on any atom is 0.127 e. The summed E-state index contributed by atoms with van der Waals surface area (Å²) in [6.45, 7) is 2.64. The minimum absolute atomic E-state index is 0.169. The van der Waals surface area contributed by atoms with E-state index in [2.05, 4.69) is 31.2 Å². The molecule has 0 aromatic heterocycles. The Hall–Kier alpha value is -1.71. The lowest BCUT2D eigenvalue weighted by Crippen LogP contribution is -2.55. The second-order valence-corrected chi connectivity index (χ2v) is 9.09. The topological polar surface area (TPSA) is 109 Å². The monoisotopic (exact) mass is 478 g/mol. The Morgan fingerprint density at radius 2 is 1.76 bits per heavy atom. The van der Waals surface area contributed by atoms with Crippen molar-refractivity contribution in [2.24, 2.45) is 0 Å². The van der Waals surface area contributed by atoms with E-state index in [1.807, 2.05) is 6.07 Å². The van der Waals surface area contributed by atoms with Gasteiger partial charge in [0.15, 0.2) is 0 Å². The van der Waals surface area contributed by atoms with Gasteiger partial charge < -0.3 is 34.6 Å². The molecule has 0 bridgehead atoms. The zero-order valence-electron chi connectivity index (χ0n) is 18.6. The SMILES string of the molecule is CCc1ccc(Cc2cc([C@@H]3O[C@H](CO)[C@@H](O)[C@H](O)[C@H]3O)c(OC3CCOC3)cc2Cl)cc1. The molecule has 2 fully saturated rings. The van der Waals surface area contributed by atoms with Gasteiger partial charge in [-0.1, -0.05) is 42.8 Å². The lowest BCUT2D eigenvalue weighted by atomic mass is 9.89. The average molecular weight is 479 g/mol. The van der Waals surface area contributed by atoms with Crippen LogP contribution in [0, 0.1) is 0 Å². The van der Waals surface area contributed by atoms with Crippen LogP contribution in [-0.4, -0.2) is 70.8 Å². The third-order valence-electron chi connectivity index (χ3n) is 6.38. The summed E-state index contributed by atoms with van der Waals surface area (Å²) in [4.78, 5) is 0. The van der Waals surface area contributed by atoms with Crippen LogP contribution in [0.2, 0.25) is 5.02 Å². The maximum atomic E-state index is 10.7. The summed E-state index contributed by atoms with van der Waals surface area (Å²) < 4.78 is 17.4. The Kier molecular flexibility index (Phi) is 7.91. The van der Waals surface area contributed by atoms with E-state index in [-0.39, 0.29) is 6.10 Å². The molecule has 33 heavy (non-hydrogen) atoms. The van der Waals surface area contributed by atoms with Crippen LogP contribution in [0.5, 0.6) is 5.75 Å². The third-order valence-corrected chi connectivity index (χ3v) is 6.74. The Balaban J connectivity index is 1.70. The summed E-state index contributed by atoms with van der Waals surface area (Å²) in [6, 6.07) is 11.8. The smallest absolute Gasteiger partial charge is 0.127 e. The number of benzene rings is 2. The highest BCUT2D eigenvalue weighted by Gasteiger charge is 2.45. The van der Waals surface area contributed by atoms with Gasteiger partial charge in [0.1, 0.15) is 42.4 Å². The lowest BCUT2D eigenvalue weighted by Gasteiger charge is -2.40. The summed E-state index contributed by atoms with van der Waals surface area (Å²) in [6.07, 6.45) is -4.30. The highest BCUT2D eigenvalue weighted by molar-refractivity contribution is 6.31. The van der Waals surface area contributed by atoms with Crippen LogP contribution >= 0.6 is 11.6 Å². The van der Waals surface area contributed by atoms with Crippen LogP contribution in [0.1, 0.15) is 41.7 Å². The van der Waals surface area contributed by atoms with Crippen LogP contribution in [-0.2, 0) is 22.3 Å². The van der Waals surface area contributed by atoms with Crippen molar-refractivity contribution >= 4 is 11.6 Å². The van der Waals surface area contributed by atoms with E-state index in [0.29, 0.717) is 36.0 Å². The molecule has 0 spiro atoms. The van der Waals surface area contributed by atoms with Crippen molar-refractivity contribution in [2.75, 3.05) is 19.8 Å².